The van der Waals surface area contributed by atoms with Crippen LogP contribution < -0.4 is 5.73 Å². The van der Waals surface area contributed by atoms with Crippen molar-refractivity contribution in [3.05, 3.63) is 53.9 Å². The second-order valence-corrected chi connectivity index (χ2v) is 3.86. The van der Waals surface area contributed by atoms with E-state index in [1.54, 1.807) is 4.68 Å². The summed E-state index contributed by atoms with van der Waals surface area (Å²) in [5.41, 5.74) is 7.89. The van der Waals surface area contributed by atoms with Crippen LogP contribution in [0.2, 0.25) is 0 Å². The van der Waals surface area contributed by atoms with Gasteiger partial charge in [0.15, 0.2) is 0 Å². The molecule has 0 atom stereocenters. The van der Waals surface area contributed by atoms with Gasteiger partial charge in [-0.05, 0) is 6.07 Å². The van der Waals surface area contributed by atoms with Gasteiger partial charge in [0, 0.05) is 31.8 Å². The maximum Gasteiger partial charge on any atom is 0.125 e. The molecule has 0 aliphatic heterocycles. The van der Waals surface area contributed by atoms with Gasteiger partial charge in [0.25, 0.3) is 0 Å². The molecule has 88 valence electrons. The zero-order valence-electron chi connectivity index (χ0n) is 9.87. The molecule has 0 aliphatic rings. The molecule has 2 rings (SSSR count). The first-order valence-electron chi connectivity index (χ1n) is 5.59. The molecule has 2 aromatic rings. The molecule has 0 unspecified atom stereocenters. The minimum absolute atomic E-state index is 0.585. The van der Waals surface area contributed by atoms with E-state index in [1.165, 1.54) is 0 Å². The van der Waals surface area contributed by atoms with Crippen LogP contribution in [0.4, 0.5) is 0 Å². The number of aryl methyl sites for hydroxylation is 1. The molecule has 17 heavy (non-hydrogen) atoms. The predicted molar refractivity (Wildman–Crippen MR) is 68.9 cm³/mol. The van der Waals surface area contributed by atoms with Crippen molar-refractivity contribution >= 4 is 5.84 Å². The standard InChI is InChI=1S/C13H16N4/c1-17-10-8-12(16-17)7-9-15-13(14)11-5-3-2-4-6-11/h2-6,8,10H,7,9H2,1H3,(H2,14,15). The first kappa shape index (κ1) is 11.4. The van der Waals surface area contributed by atoms with Gasteiger partial charge in [0.1, 0.15) is 5.84 Å². The quantitative estimate of drug-likeness (QED) is 0.634. The summed E-state index contributed by atoms with van der Waals surface area (Å²) < 4.78 is 1.79. The summed E-state index contributed by atoms with van der Waals surface area (Å²) in [5.74, 6) is 0.585. The Bertz CT molecular complexity index is 499. The van der Waals surface area contributed by atoms with Gasteiger partial charge in [-0.25, -0.2) is 0 Å². The summed E-state index contributed by atoms with van der Waals surface area (Å²) >= 11 is 0. The number of benzene rings is 1. The minimum atomic E-state index is 0.585. The van der Waals surface area contributed by atoms with E-state index in [0.717, 1.165) is 17.7 Å². The molecule has 0 saturated heterocycles. The molecule has 4 heteroatoms. The van der Waals surface area contributed by atoms with Crippen LogP contribution in [0.5, 0.6) is 0 Å². The zero-order valence-corrected chi connectivity index (χ0v) is 9.87. The topological polar surface area (TPSA) is 56.2 Å². The lowest BCUT2D eigenvalue weighted by molar-refractivity contribution is 0.739. The van der Waals surface area contributed by atoms with Crippen LogP contribution in [0.15, 0.2) is 47.6 Å². The van der Waals surface area contributed by atoms with Gasteiger partial charge < -0.3 is 5.73 Å². The second-order valence-electron chi connectivity index (χ2n) is 3.86. The third kappa shape index (κ3) is 3.17. The van der Waals surface area contributed by atoms with Crippen molar-refractivity contribution in [1.82, 2.24) is 9.78 Å². The van der Waals surface area contributed by atoms with Gasteiger partial charge in [-0.3, -0.25) is 9.67 Å². The summed E-state index contributed by atoms with van der Waals surface area (Å²) in [5, 5.41) is 4.29. The van der Waals surface area contributed by atoms with Crippen LogP contribution in [0.3, 0.4) is 0 Å². The van der Waals surface area contributed by atoms with Crippen molar-refractivity contribution in [2.24, 2.45) is 17.8 Å². The monoisotopic (exact) mass is 228 g/mol. The highest BCUT2D eigenvalue weighted by Gasteiger charge is 1.98. The average Bonchev–Trinajstić information content (AvgIpc) is 2.76. The fraction of sp³-hybridized carbons (Fsp3) is 0.231. The van der Waals surface area contributed by atoms with E-state index in [2.05, 4.69) is 10.1 Å². The minimum Gasteiger partial charge on any atom is -0.384 e. The van der Waals surface area contributed by atoms with E-state index in [1.807, 2.05) is 49.6 Å². The molecule has 0 aliphatic carbocycles. The summed E-state index contributed by atoms with van der Waals surface area (Å²) in [7, 11) is 1.91. The summed E-state index contributed by atoms with van der Waals surface area (Å²) in [6.07, 6.45) is 2.74. The first-order valence-corrected chi connectivity index (χ1v) is 5.59. The largest absolute Gasteiger partial charge is 0.384 e. The van der Waals surface area contributed by atoms with Crippen LogP contribution in [-0.2, 0) is 13.5 Å². The average molecular weight is 228 g/mol. The molecule has 0 fully saturated rings. The van der Waals surface area contributed by atoms with Gasteiger partial charge in [0.05, 0.1) is 5.69 Å². The van der Waals surface area contributed by atoms with Crippen LogP contribution in [0, 0.1) is 0 Å². The van der Waals surface area contributed by atoms with E-state index < -0.39 is 0 Å². The lowest BCUT2D eigenvalue weighted by Gasteiger charge is -1.99. The van der Waals surface area contributed by atoms with Crippen molar-refractivity contribution in [3.63, 3.8) is 0 Å². The molecular weight excluding hydrogens is 212 g/mol. The van der Waals surface area contributed by atoms with Gasteiger partial charge in [-0.2, -0.15) is 5.10 Å². The molecule has 2 N–H and O–H groups in total. The normalized spacial score (nSPS) is 11.7. The Morgan fingerprint density at radius 3 is 2.71 bits per heavy atom. The van der Waals surface area contributed by atoms with Crippen LogP contribution in [0.1, 0.15) is 11.3 Å². The fourth-order valence-corrected chi connectivity index (χ4v) is 1.59. The Kier molecular flexibility index (Phi) is 3.55. The predicted octanol–water partition coefficient (Wildman–Crippen LogP) is 1.37. The number of aliphatic imine (C=N–C) groups is 1. The Hall–Kier alpha value is -2.10. The highest BCUT2D eigenvalue weighted by atomic mass is 15.2. The van der Waals surface area contributed by atoms with Gasteiger partial charge in [0.2, 0.25) is 0 Å². The van der Waals surface area contributed by atoms with Gasteiger partial charge in [-0.15, -0.1) is 0 Å². The van der Waals surface area contributed by atoms with E-state index in [9.17, 15) is 0 Å². The maximum absolute atomic E-state index is 5.89. The highest BCUT2D eigenvalue weighted by Crippen LogP contribution is 1.99. The van der Waals surface area contributed by atoms with Crippen molar-refractivity contribution < 1.29 is 0 Å². The summed E-state index contributed by atoms with van der Waals surface area (Å²) in [4.78, 5) is 4.34. The van der Waals surface area contributed by atoms with Gasteiger partial charge >= 0.3 is 0 Å². The molecule has 0 bridgehead atoms. The maximum atomic E-state index is 5.89. The number of nitrogens with zero attached hydrogens (tertiary/aromatic N) is 3. The third-order valence-electron chi connectivity index (χ3n) is 2.49. The van der Waals surface area contributed by atoms with E-state index >= 15 is 0 Å². The lowest BCUT2D eigenvalue weighted by Crippen LogP contribution is -2.14. The molecule has 4 nitrogen and oxygen atoms in total. The molecule has 0 radical (unpaired) electrons. The van der Waals surface area contributed by atoms with Gasteiger partial charge in [-0.1, -0.05) is 30.3 Å². The molecule has 0 spiro atoms. The number of amidine groups is 1. The van der Waals surface area contributed by atoms with Crippen molar-refractivity contribution in [2.45, 2.75) is 6.42 Å². The Morgan fingerprint density at radius 1 is 1.29 bits per heavy atom. The lowest BCUT2D eigenvalue weighted by atomic mass is 10.2. The van der Waals surface area contributed by atoms with Crippen LogP contribution >= 0.6 is 0 Å². The summed E-state index contributed by atoms with van der Waals surface area (Å²) in [6, 6.07) is 11.8. The first-order chi connectivity index (χ1) is 8.25. The molecule has 1 aromatic heterocycles. The number of hydrogen-bond acceptors (Lipinski definition) is 2. The van der Waals surface area contributed by atoms with E-state index in [4.69, 9.17) is 5.73 Å². The number of rotatable bonds is 4. The highest BCUT2D eigenvalue weighted by molar-refractivity contribution is 5.97. The number of nitrogens with two attached hydrogens (primary N) is 1. The third-order valence-corrected chi connectivity index (χ3v) is 2.49. The van der Waals surface area contributed by atoms with Crippen molar-refractivity contribution in [1.29, 1.82) is 0 Å². The Morgan fingerprint density at radius 2 is 2.06 bits per heavy atom. The number of aromatic nitrogens is 2. The van der Waals surface area contributed by atoms with Crippen LogP contribution in [-0.4, -0.2) is 22.2 Å². The van der Waals surface area contributed by atoms with Crippen molar-refractivity contribution in [3.8, 4) is 0 Å². The SMILES string of the molecule is Cn1ccc(CCN=C(N)c2ccccc2)n1. The zero-order chi connectivity index (χ0) is 12.1. The Labute approximate surface area is 101 Å². The molecular formula is C13H16N4. The van der Waals surface area contributed by atoms with E-state index in [0.29, 0.717) is 12.4 Å². The molecule has 1 heterocycles. The molecule has 0 saturated carbocycles. The van der Waals surface area contributed by atoms with E-state index in [-0.39, 0.29) is 0 Å². The van der Waals surface area contributed by atoms with Crippen molar-refractivity contribution in [2.75, 3.05) is 6.54 Å². The number of hydrogen-bond donors (Lipinski definition) is 1. The van der Waals surface area contributed by atoms with Crippen LogP contribution in [0.25, 0.3) is 0 Å². The smallest absolute Gasteiger partial charge is 0.125 e. The molecule has 0 amide bonds. The molecule has 1 aromatic carbocycles. The summed E-state index contributed by atoms with van der Waals surface area (Å²) in [6.45, 7) is 0.664. The Balaban J connectivity index is 1.93. The fourth-order valence-electron chi connectivity index (χ4n) is 1.59. The second kappa shape index (κ2) is 5.30.